The normalized spacial score (nSPS) is 19.1. The maximum Gasteiger partial charge on any atom is 0.185 e. The fourth-order valence-corrected chi connectivity index (χ4v) is 3.66. The van der Waals surface area contributed by atoms with Gasteiger partial charge in [0.15, 0.2) is 28.8 Å². The number of ether oxygens (including phenoxy) is 4. The summed E-state index contributed by atoms with van der Waals surface area (Å²) < 4.78 is 21.4. The summed E-state index contributed by atoms with van der Waals surface area (Å²) >= 11 is 0. The Hall–Kier alpha value is -3.21. The highest BCUT2D eigenvalue weighted by Gasteiger charge is 2.26. The molecule has 0 amide bonds. The van der Waals surface area contributed by atoms with Crippen LogP contribution in [0.2, 0.25) is 0 Å². The van der Waals surface area contributed by atoms with E-state index in [1.165, 1.54) is 0 Å². The number of rotatable bonds is 6. The third kappa shape index (κ3) is 4.51. The van der Waals surface area contributed by atoms with Gasteiger partial charge in [-0.15, -0.1) is 0 Å². The second kappa shape index (κ2) is 9.53. The second-order valence-corrected chi connectivity index (χ2v) is 7.27. The first kappa shape index (κ1) is 21.5. The van der Waals surface area contributed by atoms with Crippen LogP contribution in [0.25, 0.3) is 12.2 Å². The molecule has 5 nitrogen and oxygen atoms in total. The van der Waals surface area contributed by atoms with Crippen LogP contribution >= 0.6 is 0 Å². The number of carbonyl (C=O) groups is 1. The Labute approximate surface area is 177 Å². The van der Waals surface area contributed by atoms with Crippen LogP contribution in [-0.2, 0) is 4.79 Å². The van der Waals surface area contributed by atoms with Gasteiger partial charge in [-0.05, 0) is 66.3 Å². The van der Waals surface area contributed by atoms with Gasteiger partial charge in [-0.1, -0.05) is 19.1 Å². The van der Waals surface area contributed by atoms with Crippen LogP contribution in [0.4, 0.5) is 0 Å². The molecule has 0 radical (unpaired) electrons. The first-order valence-corrected chi connectivity index (χ1v) is 9.91. The molecule has 0 spiro atoms. The van der Waals surface area contributed by atoms with Gasteiger partial charge in [0.25, 0.3) is 0 Å². The van der Waals surface area contributed by atoms with Gasteiger partial charge >= 0.3 is 0 Å². The summed E-state index contributed by atoms with van der Waals surface area (Å²) in [5, 5.41) is 0. The van der Waals surface area contributed by atoms with Crippen molar-refractivity contribution in [3.63, 3.8) is 0 Å². The van der Waals surface area contributed by atoms with Gasteiger partial charge in [0.2, 0.25) is 0 Å². The predicted octanol–water partition coefficient (Wildman–Crippen LogP) is 5.19. The monoisotopic (exact) mass is 408 g/mol. The molecule has 0 N–H and O–H groups in total. The van der Waals surface area contributed by atoms with Gasteiger partial charge in [-0.2, -0.15) is 0 Å². The fourth-order valence-electron chi connectivity index (χ4n) is 3.66. The van der Waals surface area contributed by atoms with E-state index in [0.29, 0.717) is 23.0 Å². The van der Waals surface area contributed by atoms with E-state index in [9.17, 15) is 4.79 Å². The van der Waals surface area contributed by atoms with E-state index in [2.05, 4.69) is 6.92 Å². The van der Waals surface area contributed by atoms with E-state index in [1.54, 1.807) is 28.4 Å². The number of Topliss-reactive ketones (excluding diaryl/α,β-unsaturated/α-hetero) is 1. The molecule has 30 heavy (non-hydrogen) atoms. The standard InChI is InChI=1S/C25H28O5/c1-16-6-9-19(12-17-7-10-21(27-2)23(14-17)29-4)25(26)20(16)13-18-8-11-22(28-3)24(15-18)30-5/h7-8,10-16H,6,9H2,1-5H3/b19-12+,20-13-/t16-/m1/s1. The molecule has 158 valence electrons. The van der Waals surface area contributed by atoms with Crippen molar-refractivity contribution in [3.8, 4) is 23.0 Å². The lowest BCUT2D eigenvalue weighted by Crippen LogP contribution is -2.19. The number of methoxy groups -OCH3 is 4. The Balaban J connectivity index is 1.94. The maximum atomic E-state index is 13.3. The van der Waals surface area contributed by atoms with Crippen LogP contribution in [0.1, 0.15) is 30.9 Å². The van der Waals surface area contributed by atoms with Crippen molar-refractivity contribution in [3.05, 3.63) is 58.7 Å². The Morgan fingerprint density at radius 3 is 1.77 bits per heavy atom. The largest absolute Gasteiger partial charge is 0.493 e. The summed E-state index contributed by atoms with van der Waals surface area (Å²) in [7, 11) is 6.42. The average Bonchev–Trinajstić information content (AvgIpc) is 2.78. The number of hydrogen-bond acceptors (Lipinski definition) is 5. The van der Waals surface area contributed by atoms with Gasteiger partial charge in [0.05, 0.1) is 28.4 Å². The summed E-state index contributed by atoms with van der Waals surface area (Å²) in [6, 6.07) is 11.3. The summed E-state index contributed by atoms with van der Waals surface area (Å²) in [6.45, 7) is 2.09. The van der Waals surface area contributed by atoms with Crippen molar-refractivity contribution in [1.29, 1.82) is 0 Å². The molecule has 0 bridgehead atoms. The molecule has 0 aliphatic heterocycles. The van der Waals surface area contributed by atoms with Gasteiger partial charge < -0.3 is 18.9 Å². The molecule has 0 saturated heterocycles. The summed E-state index contributed by atoms with van der Waals surface area (Å²) in [5.41, 5.74) is 3.43. The molecule has 0 heterocycles. The Bertz CT molecular complexity index is 987. The molecule has 0 unspecified atom stereocenters. The van der Waals surface area contributed by atoms with Crippen LogP contribution in [0.3, 0.4) is 0 Å². The van der Waals surface area contributed by atoms with E-state index in [4.69, 9.17) is 18.9 Å². The quantitative estimate of drug-likeness (QED) is 0.616. The highest BCUT2D eigenvalue weighted by Crippen LogP contribution is 2.35. The molecule has 3 rings (SSSR count). The van der Waals surface area contributed by atoms with Crippen LogP contribution < -0.4 is 18.9 Å². The molecule has 1 atom stereocenters. The number of allylic oxidation sites excluding steroid dienone is 2. The van der Waals surface area contributed by atoms with E-state index in [-0.39, 0.29) is 11.7 Å². The Morgan fingerprint density at radius 2 is 1.27 bits per heavy atom. The first-order valence-electron chi connectivity index (χ1n) is 9.91. The maximum absolute atomic E-state index is 13.3. The molecular weight excluding hydrogens is 380 g/mol. The van der Waals surface area contributed by atoms with E-state index < -0.39 is 0 Å². The van der Waals surface area contributed by atoms with E-state index in [0.717, 1.165) is 35.1 Å². The highest BCUT2D eigenvalue weighted by atomic mass is 16.5. The second-order valence-electron chi connectivity index (χ2n) is 7.27. The summed E-state index contributed by atoms with van der Waals surface area (Å²) in [6.07, 6.45) is 5.57. The molecule has 0 aromatic heterocycles. The lowest BCUT2D eigenvalue weighted by atomic mass is 9.80. The minimum atomic E-state index is 0.0818. The number of benzene rings is 2. The van der Waals surface area contributed by atoms with Crippen molar-refractivity contribution in [2.45, 2.75) is 19.8 Å². The molecule has 2 aromatic carbocycles. The first-order chi connectivity index (χ1) is 14.5. The Morgan fingerprint density at radius 1 is 0.767 bits per heavy atom. The third-order valence-corrected chi connectivity index (χ3v) is 5.41. The zero-order valence-corrected chi connectivity index (χ0v) is 18.2. The van der Waals surface area contributed by atoms with Crippen LogP contribution in [0.15, 0.2) is 47.5 Å². The van der Waals surface area contributed by atoms with Crippen LogP contribution in [-0.4, -0.2) is 34.2 Å². The smallest absolute Gasteiger partial charge is 0.185 e. The van der Waals surface area contributed by atoms with Gasteiger partial charge in [-0.25, -0.2) is 0 Å². The van der Waals surface area contributed by atoms with Gasteiger partial charge in [0.1, 0.15) is 0 Å². The van der Waals surface area contributed by atoms with Crippen LogP contribution in [0, 0.1) is 5.92 Å². The van der Waals surface area contributed by atoms with Crippen molar-refractivity contribution >= 4 is 17.9 Å². The number of ketones is 1. The van der Waals surface area contributed by atoms with Crippen LogP contribution in [0.5, 0.6) is 23.0 Å². The highest BCUT2D eigenvalue weighted by molar-refractivity contribution is 6.14. The predicted molar refractivity (Wildman–Crippen MR) is 118 cm³/mol. The zero-order valence-electron chi connectivity index (χ0n) is 18.2. The molecule has 2 aromatic rings. The number of carbonyl (C=O) groups excluding carboxylic acids is 1. The van der Waals surface area contributed by atoms with Crippen molar-refractivity contribution in [2.75, 3.05) is 28.4 Å². The van der Waals surface area contributed by atoms with Gasteiger partial charge in [0, 0.05) is 11.1 Å². The summed E-state index contributed by atoms with van der Waals surface area (Å²) in [5.74, 6) is 2.88. The average molecular weight is 408 g/mol. The minimum Gasteiger partial charge on any atom is -0.493 e. The molecule has 1 fully saturated rings. The Kier molecular flexibility index (Phi) is 6.83. The summed E-state index contributed by atoms with van der Waals surface area (Å²) in [4.78, 5) is 13.3. The molecule has 1 saturated carbocycles. The number of hydrogen-bond donors (Lipinski definition) is 0. The molecular formula is C25H28O5. The van der Waals surface area contributed by atoms with Gasteiger partial charge in [-0.3, -0.25) is 4.79 Å². The molecule has 1 aliphatic rings. The SMILES string of the molecule is COc1ccc(/C=C2\C(=O)/C(=C/c3ccc(OC)c(OC)c3)CC[C@H]2C)cc1OC. The molecule has 1 aliphatic carbocycles. The van der Waals surface area contributed by atoms with E-state index >= 15 is 0 Å². The topological polar surface area (TPSA) is 54.0 Å². The molecule has 5 heteroatoms. The fraction of sp³-hybridized carbons (Fsp3) is 0.320. The zero-order chi connectivity index (χ0) is 21.7. The van der Waals surface area contributed by atoms with Crippen molar-refractivity contribution in [2.24, 2.45) is 5.92 Å². The minimum absolute atomic E-state index is 0.0818. The lowest BCUT2D eigenvalue weighted by Gasteiger charge is -2.23. The van der Waals surface area contributed by atoms with E-state index in [1.807, 2.05) is 48.6 Å². The van der Waals surface area contributed by atoms with Crippen molar-refractivity contribution in [1.82, 2.24) is 0 Å². The van der Waals surface area contributed by atoms with Crippen molar-refractivity contribution < 1.29 is 23.7 Å². The lowest BCUT2D eigenvalue weighted by molar-refractivity contribution is -0.113. The third-order valence-electron chi connectivity index (χ3n) is 5.41.